The van der Waals surface area contributed by atoms with Crippen LogP contribution >= 0.6 is 11.6 Å². The molecule has 0 aliphatic carbocycles. The van der Waals surface area contributed by atoms with E-state index in [1.54, 1.807) is 25.4 Å². The summed E-state index contributed by atoms with van der Waals surface area (Å²) < 4.78 is 25.9. The van der Waals surface area contributed by atoms with Gasteiger partial charge in [-0.2, -0.15) is 0 Å². The molecule has 1 aromatic heterocycles. The molecule has 1 unspecified atom stereocenters. The zero-order chi connectivity index (χ0) is 23.9. The summed E-state index contributed by atoms with van der Waals surface area (Å²) in [5, 5.41) is 0.633. The third-order valence-corrected chi connectivity index (χ3v) is 6.27. The Morgan fingerprint density at radius 1 is 1.12 bits per heavy atom. The van der Waals surface area contributed by atoms with Gasteiger partial charge in [0.2, 0.25) is 0 Å². The maximum atomic E-state index is 14.6. The lowest BCUT2D eigenvalue weighted by atomic mass is 10.1. The van der Waals surface area contributed by atoms with E-state index < -0.39 is 5.82 Å². The number of rotatable bonds is 7. The van der Waals surface area contributed by atoms with E-state index in [9.17, 15) is 4.39 Å². The Bertz CT molecular complexity index is 1190. The monoisotopic (exact) mass is 478 g/mol. The first-order chi connectivity index (χ1) is 16.5. The van der Waals surface area contributed by atoms with Crippen LogP contribution < -0.4 is 4.74 Å². The SMILES string of the molecule is COCC1CCCN1CCOc1ccc(C#Cc2ncc(-c3ccc(Cl)cc3)cc2F)cc1C. The van der Waals surface area contributed by atoms with Crippen molar-refractivity contribution in [2.24, 2.45) is 0 Å². The standard InChI is InChI=1S/C28H28ClFN2O2/c1-20-16-21(6-12-28(20)34-15-14-32-13-3-4-25(32)19-33-2)5-11-27-26(30)17-23(18-31-27)22-7-9-24(29)10-8-22/h6-10,12,16-18,25H,3-4,13-15,19H2,1-2H3. The summed E-state index contributed by atoms with van der Waals surface area (Å²) in [5.74, 6) is 6.24. The Morgan fingerprint density at radius 3 is 2.68 bits per heavy atom. The third kappa shape index (κ3) is 6.15. The summed E-state index contributed by atoms with van der Waals surface area (Å²) >= 11 is 5.92. The second kappa shape index (κ2) is 11.5. The molecule has 34 heavy (non-hydrogen) atoms. The van der Waals surface area contributed by atoms with Gasteiger partial charge in [-0.3, -0.25) is 4.90 Å². The van der Waals surface area contributed by atoms with Gasteiger partial charge in [-0.15, -0.1) is 0 Å². The van der Waals surface area contributed by atoms with Crippen molar-refractivity contribution in [3.63, 3.8) is 0 Å². The van der Waals surface area contributed by atoms with Crippen molar-refractivity contribution in [1.29, 1.82) is 0 Å². The highest BCUT2D eigenvalue weighted by Crippen LogP contribution is 2.23. The van der Waals surface area contributed by atoms with Crippen molar-refractivity contribution in [3.8, 4) is 28.7 Å². The van der Waals surface area contributed by atoms with E-state index in [2.05, 4.69) is 21.7 Å². The first-order valence-electron chi connectivity index (χ1n) is 11.4. The molecule has 4 nitrogen and oxygen atoms in total. The zero-order valence-electron chi connectivity index (χ0n) is 19.5. The number of aromatic nitrogens is 1. The average molecular weight is 479 g/mol. The molecule has 2 heterocycles. The van der Waals surface area contributed by atoms with Crippen LogP contribution in [0.15, 0.2) is 54.7 Å². The van der Waals surface area contributed by atoms with E-state index in [0.717, 1.165) is 42.1 Å². The molecule has 3 aromatic rings. The van der Waals surface area contributed by atoms with Gasteiger partial charge in [0, 0.05) is 42.0 Å². The van der Waals surface area contributed by atoms with E-state index in [4.69, 9.17) is 21.1 Å². The van der Waals surface area contributed by atoms with Crippen molar-refractivity contribution in [3.05, 3.63) is 82.4 Å². The van der Waals surface area contributed by atoms with Crippen LogP contribution in [0.4, 0.5) is 4.39 Å². The summed E-state index contributed by atoms with van der Waals surface area (Å²) in [6, 6.07) is 14.9. The summed E-state index contributed by atoms with van der Waals surface area (Å²) in [7, 11) is 1.75. The van der Waals surface area contributed by atoms with Gasteiger partial charge in [0.05, 0.1) is 6.61 Å². The van der Waals surface area contributed by atoms with Gasteiger partial charge >= 0.3 is 0 Å². The molecule has 1 saturated heterocycles. The molecule has 176 valence electrons. The number of pyridine rings is 1. The molecule has 2 aromatic carbocycles. The van der Waals surface area contributed by atoms with Gasteiger partial charge in [0.15, 0.2) is 5.82 Å². The van der Waals surface area contributed by atoms with Crippen molar-refractivity contribution in [1.82, 2.24) is 9.88 Å². The minimum Gasteiger partial charge on any atom is -0.492 e. The predicted molar refractivity (Wildman–Crippen MR) is 134 cm³/mol. The smallest absolute Gasteiger partial charge is 0.158 e. The zero-order valence-corrected chi connectivity index (χ0v) is 20.2. The molecule has 1 aliphatic rings. The van der Waals surface area contributed by atoms with Gasteiger partial charge in [0.25, 0.3) is 0 Å². The molecular formula is C28H28ClFN2O2. The molecule has 0 amide bonds. The van der Waals surface area contributed by atoms with Crippen LogP contribution in [0.25, 0.3) is 11.1 Å². The summed E-state index contributed by atoms with van der Waals surface area (Å²) in [6.07, 6.45) is 4.01. The summed E-state index contributed by atoms with van der Waals surface area (Å²) in [5.41, 5.74) is 3.42. The van der Waals surface area contributed by atoms with Gasteiger partial charge in [-0.25, -0.2) is 9.37 Å². The van der Waals surface area contributed by atoms with Gasteiger partial charge < -0.3 is 9.47 Å². The lowest BCUT2D eigenvalue weighted by molar-refractivity contribution is 0.105. The van der Waals surface area contributed by atoms with Crippen LogP contribution in [-0.4, -0.2) is 49.3 Å². The van der Waals surface area contributed by atoms with Gasteiger partial charge in [-0.05, 0) is 79.8 Å². The molecule has 0 bridgehead atoms. The number of benzene rings is 2. The summed E-state index contributed by atoms with van der Waals surface area (Å²) in [6.45, 7) is 5.36. The van der Waals surface area contributed by atoms with E-state index in [-0.39, 0.29) is 5.69 Å². The van der Waals surface area contributed by atoms with Crippen LogP contribution in [0.2, 0.25) is 5.02 Å². The van der Waals surface area contributed by atoms with Crippen molar-refractivity contribution in [2.45, 2.75) is 25.8 Å². The third-order valence-electron chi connectivity index (χ3n) is 6.01. The molecule has 1 aliphatic heterocycles. The molecule has 0 radical (unpaired) electrons. The quantitative estimate of drug-likeness (QED) is 0.406. The van der Waals surface area contributed by atoms with Crippen LogP contribution in [-0.2, 0) is 4.74 Å². The van der Waals surface area contributed by atoms with E-state index in [0.29, 0.717) is 23.2 Å². The van der Waals surface area contributed by atoms with Gasteiger partial charge in [-0.1, -0.05) is 29.7 Å². The second-order valence-corrected chi connectivity index (χ2v) is 8.86. The van der Waals surface area contributed by atoms with E-state index in [1.165, 1.54) is 18.9 Å². The lowest BCUT2D eigenvalue weighted by Gasteiger charge is -2.23. The normalized spacial score (nSPS) is 15.7. The molecule has 1 atom stereocenters. The number of likely N-dealkylation sites (tertiary alicyclic amines) is 1. The predicted octanol–water partition coefficient (Wildman–Crippen LogP) is 5.74. The molecule has 6 heteroatoms. The van der Waals surface area contributed by atoms with Crippen LogP contribution in [0.3, 0.4) is 0 Å². The first-order valence-corrected chi connectivity index (χ1v) is 11.8. The highest BCUT2D eigenvalue weighted by atomic mass is 35.5. The number of ether oxygens (including phenoxy) is 2. The Balaban J connectivity index is 1.37. The summed E-state index contributed by atoms with van der Waals surface area (Å²) in [4.78, 5) is 6.64. The average Bonchev–Trinajstić information content (AvgIpc) is 3.27. The number of halogens is 2. The molecular weight excluding hydrogens is 451 g/mol. The fourth-order valence-electron chi connectivity index (χ4n) is 4.19. The first kappa shape index (κ1) is 24.2. The Hall–Kier alpha value is -2.91. The molecule has 0 spiro atoms. The Morgan fingerprint density at radius 2 is 1.94 bits per heavy atom. The number of hydrogen-bond acceptors (Lipinski definition) is 4. The largest absolute Gasteiger partial charge is 0.492 e. The van der Waals surface area contributed by atoms with Crippen molar-refractivity contribution < 1.29 is 13.9 Å². The topological polar surface area (TPSA) is 34.6 Å². The Kier molecular flexibility index (Phi) is 8.18. The minimum atomic E-state index is -0.453. The Labute approximate surface area is 205 Å². The fourth-order valence-corrected chi connectivity index (χ4v) is 4.32. The van der Waals surface area contributed by atoms with Crippen molar-refractivity contribution in [2.75, 3.05) is 33.4 Å². The molecule has 0 N–H and O–H groups in total. The molecule has 1 fully saturated rings. The number of nitrogens with zero attached hydrogens (tertiary/aromatic N) is 2. The fraction of sp³-hybridized carbons (Fsp3) is 0.321. The highest BCUT2D eigenvalue weighted by molar-refractivity contribution is 6.30. The van der Waals surface area contributed by atoms with E-state index >= 15 is 0 Å². The van der Waals surface area contributed by atoms with Gasteiger partial charge in [0.1, 0.15) is 18.1 Å². The van der Waals surface area contributed by atoms with E-state index in [1.807, 2.05) is 37.3 Å². The maximum absolute atomic E-state index is 14.6. The number of aryl methyl sites for hydroxylation is 1. The number of methoxy groups -OCH3 is 1. The molecule has 4 rings (SSSR count). The lowest BCUT2D eigenvalue weighted by Crippen LogP contribution is -2.35. The van der Waals surface area contributed by atoms with Crippen LogP contribution in [0.5, 0.6) is 5.75 Å². The van der Waals surface area contributed by atoms with Crippen LogP contribution in [0.1, 0.15) is 29.7 Å². The van der Waals surface area contributed by atoms with Crippen LogP contribution in [0, 0.1) is 24.6 Å². The highest BCUT2D eigenvalue weighted by Gasteiger charge is 2.23. The molecule has 0 saturated carbocycles. The minimum absolute atomic E-state index is 0.118. The maximum Gasteiger partial charge on any atom is 0.158 e. The second-order valence-electron chi connectivity index (χ2n) is 8.43. The number of hydrogen-bond donors (Lipinski definition) is 0. The van der Waals surface area contributed by atoms with Crippen molar-refractivity contribution >= 4 is 11.6 Å².